The number of benzene rings is 1. The standard InChI is InChI=1S/C10H6INS/c1-6-2-10-8(3-9(6)11)7(4-12)5-13-10/h2-3,5H,1H3. The Bertz CT molecular complexity index is 507. The van der Waals surface area contributed by atoms with Gasteiger partial charge in [-0.3, -0.25) is 0 Å². The molecule has 0 fully saturated rings. The number of hydrogen-bond acceptors (Lipinski definition) is 2. The molecule has 0 bridgehead atoms. The largest absolute Gasteiger partial charge is 0.192 e. The van der Waals surface area contributed by atoms with E-state index in [4.69, 9.17) is 5.26 Å². The predicted octanol–water partition coefficient (Wildman–Crippen LogP) is 3.69. The van der Waals surface area contributed by atoms with Gasteiger partial charge in [-0.2, -0.15) is 5.26 Å². The van der Waals surface area contributed by atoms with Crippen LogP contribution < -0.4 is 0 Å². The molecule has 2 aromatic rings. The third-order valence-electron chi connectivity index (χ3n) is 1.98. The van der Waals surface area contributed by atoms with E-state index in [0.29, 0.717) is 0 Å². The van der Waals surface area contributed by atoms with Gasteiger partial charge in [0.25, 0.3) is 0 Å². The summed E-state index contributed by atoms with van der Waals surface area (Å²) in [4.78, 5) is 0. The van der Waals surface area contributed by atoms with Gasteiger partial charge in [-0.1, -0.05) is 0 Å². The number of aryl methyl sites for hydroxylation is 1. The van der Waals surface area contributed by atoms with Crippen LogP contribution in [0.3, 0.4) is 0 Å². The summed E-state index contributed by atoms with van der Waals surface area (Å²) >= 11 is 3.93. The van der Waals surface area contributed by atoms with Crippen LogP contribution >= 0.6 is 33.9 Å². The lowest BCUT2D eigenvalue weighted by Crippen LogP contribution is -1.79. The molecule has 0 atom stereocenters. The van der Waals surface area contributed by atoms with Crippen molar-refractivity contribution in [1.82, 2.24) is 0 Å². The van der Waals surface area contributed by atoms with Crippen LogP contribution in [0.5, 0.6) is 0 Å². The molecule has 0 aliphatic carbocycles. The third-order valence-corrected chi connectivity index (χ3v) is 4.08. The molecule has 1 aromatic carbocycles. The Hall–Kier alpha value is -0.600. The molecule has 1 aromatic heterocycles. The number of nitriles is 1. The topological polar surface area (TPSA) is 23.8 Å². The molecule has 0 spiro atoms. The minimum Gasteiger partial charge on any atom is -0.192 e. The maximum atomic E-state index is 8.84. The summed E-state index contributed by atoms with van der Waals surface area (Å²) < 4.78 is 2.43. The van der Waals surface area contributed by atoms with Gasteiger partial charge in [0.15, 0.2) is 0 Å². The number of nitrogens with zero attached hydrogens (tertiary/aromatic N) is 1. The normalized spacial score (nSPS) is 10.2. The summed E-state index contributed by atoms with van der Waals surface area (Å²) in [6.45, 7) is 2.09. The smallest absolute Gasteiger partial charge is 0.101 e. The summed E-state index contributed by atoms with van der Waals surface area (Å²) in [5, 5.41) is 11.8. The molecule has 13 heavy (non-hydrogen) atoms. The lowest BCUT2D eigenvalue weighted by atomic mass is 10.1. The quantitative estimate of drug-likeness (QED) is 0.681. The van der Waals surface area contributed by atoms with Crippen LogP contribution in [0.15, 0.2) is 17.5 Å². The lowest BCUT2D eigenvalue weighted by molar-refractivity contribution is 1.46. The molecule has 0 aliphatic rings. The van der Waals surface area contributed by atoms with Crippen molar-refractivity contribution in [2.75, 3.05) is 0 Å². The van der Waals surface area contributed by atoms with E-state index >= 15 is 0 Å². The lowest BCUT2D eigenvalue weighted by Gasteiger charge is -1.97. The number of halogens is 1. The molecule has 3 heteroatoms. The molecule has 2 rings (SSSR count). The van der Waals surface area contributed by atoms with E-state index in [1.807, 2.05) is 5.38 Å². The van der Waals surface area contributed by atoms with Gasteiger partial charge in [0, 0.05) is 19.0 Å². The van der Waals surface area contributed by atoms with Crippen LogP contribution in [-0.4, -0.2) is 0 Å². The zero-order valence-corrected chi connectivity index (χ0v) is 9.94. The highest BCUT2D eigenvalue weighted by atomic mass is 127. The second kappa shape index (κ2) is 3.28. The third kappa shape index (κ3) is 1.45. The van der Waals surface area contributed by atoms with E-state index < -0.39 is 0 Å². The molecule has 0 amide bonds. The Morgan fingerprint density at radius 1 is 1.46 bits per heavy atom. The summed E-state index contributed by atoms with van der Waals surface area (Å²) in [7, 11) is 0. The van der Waals surface area contributed by atoms with E-state index in [1.54, 1.807) is 11.3 Å². The van der Waals surface area contributed by atoms with Gasteiger partial charge in [-0.25, -0.2) is 0 Å². The Morgan fingerprint density at radius 3 is 2.92 bits per heavy atom. The summed E-state index contributed by atoms with van der Waals surface area (Å²) in [5.41, 5.74) is 2.07. The van der Waals surface area contributed by atoms with Crippen molar-refractivity contribution >= 4 is 44.0 Å². The van der Waals surface area contributed by atoms with Crippen LogP contribution in [0.25, 0.3) is 10.1 Å². The molecule has 1 heterocycles. The molecule has 0 saturated heterocycles. The number of fused-ring (bicyclic) bond motifs is 1. The van der Waals surface area contributed by atoms with Gasteiger partial charge in [0.1, 0.15) is 6.07 Å². The molecule has 0 N–H and O–H groups in total. The summed E-state index contributed by atoms with van der Waals surface area (Å²) in [6.07, 6.45) is 0. The molecule has 0 aliphatic heterocycles. The van der Waals surface area contributed by atoms with E-state index in [-0.39, 0.29) is 0 Å². The molecule has 0 unspecified atom stereocenters. The molecule has 1 nitrogen and oxygen atoms in total. The SMILES string of the molecule is Cc1cc2scc(C#N)c2cc1I. The fourth-order valence-electron chi connectivity index (χ4n) is 1.24. The summed E-state index contributed by atoms with van der Waals surface area (Å²) in [6, 6.07) is 6.43. The first-order chi connectivity index (χ1) is 6.22. The second-order valence-corrected chi connectivity index (χ2v) is 4.93. The molecule has 64 valence electrons. The van der Waals surface area contributed by atoms with Crippen LogP contribution in [0.2, 0.25) is 0 Å². The van der Waals surface area contributed by atoms with E-state index in [2.05, 4.69) is 47.7 Å². The van der Waals surface area contributed by atoms with Gasteiger partial charge in [-0.15, -0.1) is 11.3 Å². The zero-order chi connectivity index (χ0) is 9.42. The van der Waals surface area contributed by atoms with Gasteiger partial charge in [0.05, 0.1) is 5.56 Å². The Kier molecular flexibility index (Phi) is 2.26. The number of thiophene rings is 1. The minimum absolute atomic E-state index is 0.790. The van der Waals surface area contributed by atoms with Gasteiger partial charge >= 0.3 is 0 Å². The van der Waals surface area contributed by atoms with Gasteiger partial charge in [0.2, 0.25) is 0 Å². The minimum atomic E-state index is 0.790. The highest BCUT2D eigenvalue weighted by Gasteiger charge is 2.05. The molecule has 0 saturated carbocycles. The van der Waals surface area contributed by atoms with Crippen molar-refractivity contribution in [3.05, 3.63) is 32.2 Å². The van der Waals surface area contributed by atoms with E-state index in [1.165, 1.54) is 13.8 Å². The molecular formula is C10H6INS. The van der Waals surface area contributed by atoms with Crippen LogP contribution in [-0.2, 0) is 0 Å². The number of rotatable bonds is 0. The van der Waals surface area contributed by atoms with Crippen molar-refractivity contribution in [3.63, 3.8) is 0 Å². The Morgan fingerprint density at radius 2 is 2.23 bits per heavy atom. The fourth-order valence-corrected chi connectivity index (χ4v) is 2.67. The highest BCUT2D eigenvalue weighted by molar-refractivity contribution is 14.1. The first-order valence-corrected chi connectivity index (χ1v) is 5.75. The van der Waals surface area contributed by atoms with Gasteiger partial charge in [-0.05, 0) is 47.2 Å². The van der Waals surface area contributed by atoms with Crippen molar-refractivity contribution in [2.24, 2.45) is 0 Å². The highest BCUT2D eigenvalue weighted by Crippen LogP contribution is 2.28. The average Bonchev–Trinajstić information content (AvgIpc) is 2.48. The van der Waals surface area contributed by atoms with Crippen molar-refractivity contribution in [2.45, 2.75) is 6.92 Å². The van der Waals surface area contributed by atoms with E-state index in [9.17, 15) is 0 Å². The van der Waals surface area contributed by atoms with Crippen LogP contribution in [0.4, 0.5) is 0 Å². The Labute approximate surface area is 94.1 Å². The first-order valence-electron chi connectivity index (χ1n) is 3.80. The maximum absolute atomic E-state index is 8.84. The Balaban J connectivity index is 2.86. The molecule has 0 radical (unpaired) electrons. The predicted molar refractivity (Wildman–Crippen MR) is 64.0 cm³/mol. The van der Waals surface area contributed by atoms with Crippen molar-refractivity contribution in [1.29, 1.82) is 5.26 Å². The second-order valence-electron chi connectivity index (χ2n) is 2.86. The van der Waals surface area contributed by atoms with Gasteiger partial charge < -0.3 is 0 Å². The zero-order valence-electron chi connectivity index (χ0n) is 6.97. The maximum Gasteiger partial charge on any atom is 0.101 e. The fraction of sp³-hybridized carbons (Fsp3) is 0.100. The van der Waals surface area contributed by atoms with Crippen LogP contribution in [0, 0.1) is 21.8 Å². The van der Waals surface area contributed by atoms with E-state index in [0.717, 1.165) is 10.9 Å². The average molecular weight is 299 g/mol. The van der Waals surface area contributed by atoms with Crippen LogP contribution in [0.1, 0.15) is 11.1 Å². The monoisotopic (exact) mass is 299 g/mol. The summed E-state index contributed by atoms with van der Waals surface area (Å²) in [5.74, 6) is 0. The number of hydrogen-bond donors (Lipinski definition) is 0. The first kappa shape index (κ1) is 8.97. The van der Waals surface area contributed by atoms with Crippen molar-refractivity contribution < 1.29 is 0 Å². The molecular weight excluding hydrogens is 293 g/mol. The van der Waals surface area contributed by atoms with Crippen molar-refractivity contribution in [3.8, 4) is 6.07 Å².